The maximum absolute atomic E-state index is 11.9. The fraction of sp³-hybridized carbons (Fsp3) is 0.462. The highest BCUT2D eigenvalue weighted by molar-refractivity contribution is 6.06. The van der Waals surface area contributed by atoms with Gasteiger partial charge in [-0.25, -0.2) is 0 Å². The average Bonchev–Trinajstić information content (AvgIpc) is 2.69. The van der Waals surface area contributed by atoms with E-state index in [1.807, 2.05) is 13.0 Å². The lowest BCUT2D eigenvalue weighted by molar-refractivity contribution is -0.120. The molecule has 0 aliphatic carbocycles. The van der Waals surface area contributed by atoms with Crippen LogP contribution in [0.2, 0.25) is 0 Å². The second-order valence-corrected chi connectivity index (χ2v) is 4.88. The first-order valence-electron chi connectivity index (χ1n) is 6.10. The number of aryl methyl sites for hydroxylation is 1. The van der Waals surface area contributed by atoms with E-state index in [2.05, 4.69) is 34.5 Å². The number of pyridine rings is 1. The van der Waals surface area contributed by atoms with E-state index in [9.17, 15) is 4.79 Å². The van der Waals surface area contributed by atoms with Crippen molar-refractivity contribution in [2.45, 2.75) is 26.8 Å². The Hall–Kier alpha value is -1.91. The molecule has 1 aromatic rings. The molecule has 2 heterocycles. The number of amides is 1. The van der Waals surface area contributed by atoms with Crippen molar-refractivity contribution in [1.29, 1.82) is 0 Å². The van der Waals surface area contributed by atoms with Crippen molar-refractivity contribution in [2.75, 3.05) is 6.54 Å². The molecule has 1 aromatic heterocycles. The largest absolute Gasteiger partial charge is 0.340 e. The number of hydrogen-bond acceptors (Lipinski definition) is 3. The minimum Gasteiger partial charge on any atom is -0.340 e. The number of carbonyl (C=O) groups excluding carboxylic acids is 1. The minimum absolute atomic E-state index is 0.0754. The molecule has 2 N–H and O–H groups in total. The molecule has 1 amide bonds. The molecule has 0 saturated carbocycles. The van der Waals surface area contributed by atoms with Gasteiger partial charge in [-0.05, 0) is 24.5 Å². The Kier molecular flexibility index (Phi) is 3.60. The van der Waals surface area contributed by atoms with E-state index in [0.29, 0.717) is 18.4 Å². The van der Waals surface area contributed by atoms with Crippen LogP contribution in [0, 0.1) is 12.8 Å². The number of guanidine groups is 1. The van der Waals surface area contributed by atoms with Gasteiger partial charge in [-0.3, -0.25) is 20.1 Å². The summed E-state index contributed by atoms with van der Waals surface area (Å²) in [6.45, 7) is 6.84. The van der Waals surface area contributed by atoms with Gasteiger partial charge in [0, 0.05) is 24.5 Å². The molecule has 18 heavy (non-hydrogen) atoms. The van der Waals surface area contributed by atoms with Crippen LogP contribution in [-0.4, -0.2) is 23.4 Å². The molecule has 5 heteroatoms. The fourth-order valence-corrected chi connectivity index (χ4v) is 1.78. The van der Waals surface area contributed by atoms with E-state index in [1.54, 1.807) is 12.4 Å². The zero-order valence-electron chi connectivity index (χ0n) is 10.9. The fourth-order valence-electron chi connectivity index (χ4n) is 1.78. The molecule has 1 unspecified atom stereocenters. The van der Waals surface area contributed by atoms with Gasteiger partial charge >= 0.3 is 0 Å². The summed E-state index contributed by atoms with van der Waals surface area (Å²) in [4.78, 5) is 20.3. The molecule has 96 valence electrons. The van der Waals surface area contributed by atoms with Crippen LogP contribution in [0.1, 0.15) is 31.0 Å². The maximum Gasteiger partial charge on any atom is 0.253 e. The third-order valence-electron chi connectivity index (χ3n) is 2.79. The summed E-state index contributed by atoms with van der Waals surface area (Å²) < 4.78 is 0. The van der Waals surface area contributed by atoms with Crippen molar-refractivity contribution in [3.63, 3.8) is 0 Å². The van der Waals surface area contributed by atoms with Gasteiger partial charge in [-0.15, -0.1) is 0 Å². The van der Waals surface area contributed by atoms with Crippen LogP contribution in [0.25, 0.3) is 0 Å². The maximum atomic E-state index is 11.9. The summed E-state index contributed by atoms with van der Waals surface area (Å²) in [5.74, 6) is 0.950. The zero-order chi connectivity index (χ0) is 13.1. The molecule has 0 radical (unpaired) electrons. The third-order valence-corrected chi connectivity index (χ3v) is 2.79. The Morgan fingerprint density at radius 1 is 1.50 bits per heavy atom. The Bertz CT molecular complexity index is 482. The Labute approximate surface area is 107 Å². The number of aliphatic imine (C=N–C) groups is 1. The molecule has 1 aliphatic rings. The number of carbonyl (C=O) groups is 1. The van der Waals surface area contributed by atoms with Crippen LogP contribution in [-0.2, 0) is 4.79 Å². The van der Waals surface area contributed by atoms with Crippen molar-refractivity contribution in [3.8, 4) is 0 Å². The van der Waals surface area contributed by atoms with Crippen molar-refractivity contribution in [2.24, 2.45) is 10.9 Å². The lowest BCUT2D eigenvalue weighted by Crippen LogP contribution is -2.26. The highest BCUT2D eigenvalue weighted by Crippen LogP contribution is 2.19. The van der Waals surface area contributed by atoms with Crippen LogP contribution in [0.4, 0.5) is 0 Å². The van der Waals surface area contributed by atoms with E-state index in [-0.39, 0.29) is 11.9 Å². The van der Waals surface area contributed by atoms with E-state index >= 15 is 0 Å². The second kappa shape index (κ2) is 5.16. The normalized spacial score (nSPS) is 21.2. The summed E-state index contributed by atoms with van der Waals surface area (Å²) >= 11 is 0. The van der Waals surface area contributed by atoms with E-state index in [1.165, 1.54) is 0 Å². The first-order valence-corrected chi connectivity index (χ1v) is 6.10. The topological polar surface area (TPSA) is 66.4 Å². The summed E-state index contributed by atoms with van der Waals surface area (Å²) in [5.41, 5.74) is 1.94. The van der Waals surface area contributed by atoms with Gasteiger partial charge in [0.1, 0.15) is 6.04 Å². The molecule has 0 bridgehead atoms. The number of rotatable bonds is 3. The number of aromatic nitrogens is 1. The Morgan fingerprint density at radius 3 is 2.94 bits per heavy atom. The standard InChI is InChI=1S/C13H18N4O/c1-8(2)6-15-13-16-11(12(18)17-13)10-7-14-5-4-9(10)3/h4-5,7-8,11H,6H2,1-3H3,(H2,15,16,17,18). The van der Waals surface area contributed by atoms with Crippen LogP contribution in [0.5, 0.6) is 0 Å². The molecule has 1 fully saturated rings. The van der Waals surface area contributed by atoms with Crippen molar-refractivity contribution < 1.29 is 4.79 Å². The first-order chi connectivity index (χ1) is 8.58. The van der Waals surface area contributed by atoms with Gasteiger partial charge in [0.15, 0.2) is 5.96 Å². The minimum atomic E-state index is -0.385. The van der Waals surface area contributed by atoms with Crippen molar-refractivity contribution in [1.82, 2.24) is 15.6 Å². The van der Waals surface area contributed by atoms with Crippen LogP contribution >= 0.6 is 0 Å². The van der Waals surface area contributed by atoms with Gasteiger partial charge in [0.2, 0.25) is 0 Å². The number of nitrogens with one attached hydrogen (secondary N) is 2. The highest BCUT2D eigenvalue weighted by Gasteiger charge is 2.30. The molecule has 0 spiro atoms. The van der Waals surface area contributed by atoms with Gasteiger partial charge in [0.05, 0.1) is 0 Å². The second-order valence-electron chi connectivity index (χ2n) is 4.88. The number of nitrogens with zero attached hydrogens (tertiary/aromatic N) is 2. The number of hydrogen-bond donors (Lipinski definition) is 2. The lowest BCUT2D eigenvalue weighted by atomic mass is 10.0. The molecule has 1 atom stereocenters. The predicted molar refractivity (Wildman–Crippen MR) is 70.1 cm³/mol. The van der Waals surface area contributed by atoms with Crippen molar-refractivity contribution in [3.05, 3.63) is 29.6 Å². The molecular weight excluding hydrogens is 228 g/mol. The predicted octanol–water partition coefficient (Wildman–Crippen LogP) is 1.16. The Balaban J connectivity index is 2.15. The molecular formula is C13H18N4O. The smallest absolute Gasteiger partial charge is 0.253 e. The summed E-state index contributed by atoms with van der Waals surface area (Å²) in [7, 11) is 0. The average molecular weight is 246 g/mol. The van der Waals surface area contributed by atoms with Gasteiger partial charge < -0.3 is 5.32 Å². The molecule has 1 saturated heterocycles. The van der Waals surface area contributed by atoms with E-state index in [0.717, 1.165) is 11.1 Å². The Morgan fingerprint density at radius 2 is 2.28 bits per heavy atom. The molecule has 5 nitrogen and oxygen atoms in total. The molecule has 0 aromatic carbocycles. The lowest BCUT2D eigenvalue weighted by Gasteiger charge is -2.10. The first kappa shape index (κ1) is 12.5. The van der Waals surface area contributed by atoms with E-state index in [4.69, 9.17) is 0 Å². The van der Waals surface area contributed by atoms with Gasteiger partial charge in [-0.2, -0.15) is 0 Å². The summed E-state index contributed by atoms with van der Waals surface area (Å²) in [6.07, 6.45) is 3.44. The van der Waals surface area contributed by atoms with Gasteiger partial charge in [0.25, 0.3) is 5.91 Å². The summed E-state index contributed by atoms with van der Waals surface area (Å²) in [5, 5.41) is 5.86. The monoisotopic (exact) mass is 246 g/mol. The molecule has 1 aliphatic heterocycles. The highest BCUT2D eigenvalue weighted by atomic mass is 16.2. The quantitative estimate of drug-likeness (QED) is 0.841. The SMILES string of the molecule is Cc1ccncc1C1NC(=NCC(C)C)NC1=O. The van der Waals surface area contributed by atoms with Gasteiger partial charge in [-0.1, -0.05) is 13.8 Å². The van der Waals surface area contributed by atoms with Crippen LogP contribution in [0.3, 0.4) is 0 Å². The van der Waals surface area contributed by atoms with Crippen LogP contribution < -0.4 is 10.6 Å². The zero-order valence-corrected chi connectivity index (χ0v) is 10.9. The summed E-state index contributed by atoms with van der Waals surface area (Å²) in [6, 6.07) is 1.51. The van der Waals surface area contributed by atoms with E-state index < -0.39 is 0 Å². The van der Waals surface area contributed by atoms with Crippen LogP contribution in [0.15, 0.2) is 23.5 Å². The van der Waals surface area contributed by atoms with Crippen molar-refractivity contribution >= 4 is 11.9 Å². The third kappa shape index (κ3) is 2.67. The molecule has 2 rings (SSSR count).